The zero-order valence-corrected chi connectivity index (χ0v) is 24.5. The zero-order chi connectivity index (χ0) is 29.7. The van der Waals surface area contributed by atoms with Gasteiger partial charge in [-0.2, -0.15) is 0 Å². The van der Waals surface area contributed by atoms with Gasteiger partial charge in [-0.3, -0.25) is 4.90 Å². The van der Waals surface area contributed by atoms with Crippen LogP contribution in [0.3, 0.4) is 0 Å². The Morgan fingerprint density at radius 1 is 0.833 bits per heavy atom. The molecule has 5 rings (SSSR count). The lowest BCUT2D eigenvalue weighted by atomic mass is 9.97. The SMILES string of the molecule is CC(C)(C)OC(=O)N(CCOC(=O)N1CCN(Cc2ccccc2F)CC1)Cc1cc2ccccc2c2ccccc12. The molecular formula is C34H38FN3O4. The summed E-state index contributed by atoms with van der Waals surface area (Å²) in [6.07, 6.45) is -0.876. The van der Waals surface area contributed by atoms with Crippen molar-refractivity contribution in [3.8, 4) is 0 Å². The van der Waals surface area contributed by atoms with E-state index in [4.69, 9.17) is 9.47 Å². The van der Waals surface area contributed by atoms with E-state index in [1.54, 1.807) is 21.9 Å². The summed E-state index contributed by atoms with van der Waals surface area (Å²) >= 11 is 0. The second-order valence-electron chi connectivity index (χ2n) is 11.7. The second kappa shape index (κ2) is 12.8. The number of carbonyl (C=O) groups is 2. The van der Waals surface area contributed by atoms with Crippen LogP contribution < -0.4 is 0 Å². The smallest absolute Gasteiger partial charge is 0.410 e. The highest BCUT2D eigenvalue weighted by Crippen LogP contribution is 2.30. The molecule has 4 aromatic carbocycles. The summed E-state index contributed by atoms with van der Waals surface area (Å²) in [5, 5.41) is 4.44. The predicted octanol–water partition coefficient (Wildman–Crippen LogP) is 6.82. The number of halogens is 1. The summed E-state index contributed by atoms with van der Waals surface area (Å²) in [5.74, 6) is -0.217. The van der Waals surface area contributed by atoms with E-state index in [-0.39, 0.29) is 19.0 Å². The van der Waals surface area contributed by atoms with Crippen LogP contribution in [0.2, 0.25) is 0 Å². The maximum Gasteiger partial charge on any atom is 0.410 e. The van der Waals surface area contributed by atoms with Crippen molar-refractivity contribution in [2.45, 2.75) is 39.5 Å². The number of rotatable bonds is 7. The molecule has 1 heterocycles. The monoisotopic (exact) mass is 571 g/mol. The number of hydrogen-bond acceptors (Lipinski definition) is 5. The van der Waals surface area contributed by atoms with E-state index in [9.17, 15) is 14.0 Å². The van der Waals surface area contributed by atoms with Crippen LogP contribution in [0, 0.1) is 5.82 Å². The van der Waals surface area contributed by atoms with E-state index < -0.39 is 17.8 Å². The molecule has 0 N–H and O–H groups in total. The molecule has 220 valence electrons. The fourth-order valence-electron chi connectivity index (χ4n) is 5.32. The molecule has 7 nitrogen and oxygen atoms in total. The molecule has 0 radical (unpaired) electrons. The minimum Gasteiger partial charge on any atom is -0.448 e. The van der Waals surface area contributed by atoms with Crippen LogP contribution in [-0.4, -0.2) is 71.8 Å². The van der Waals surface area contributed by atoms with Crippen LogP contribution in [0.4, 0.5) is 14.0 Å². The van der Waals surface area contributed by atoms with Gasteiger partial charge in [0.2, 0.25) is 0 Å². The quantitative estimate of drug-likeness (QED) is 0.228. The summed E-state index contributed by atoms with van der Waals surface area (Å²) in [7, 11) is 0. The van der Waals surface area contributed by atoms with Crippen molar-refractivity contribution in [3.05, 3.63) is 95.8 Å². The Hall–Kier alpha value is -4.17. The lowest BCUT2D eigenvalue weighted by Crippen LogP contribution is -2.49. The highest BCUT2D eigenvalue weighted by atomic mass is 19.1. The normalized spacial score (nSPS) is 14.2. The van der Waals surface area contributed by atoms with Crippen molar-refractivity contribution >= 4 is 33.7 Å². The van der Waals surface area contributed by atoms with Crippen molar-refractivity contribution < 1.29 is 23.5 Å². The Bertz CT molecular complexity index is 1560. The summed E-state index contributed by atoms with van der Waals surface area (Å²) in [6, 6.07) is 25.3. The van der Waals surface area contributed by atoms with Crippen LogP contribution in [0.5, 0.6) is 0 Å². The van der Waals surface area contributed by atoms with Gasteiger partial charge in [0, 0.05) is 44.8 Å². The van der Waals surface area contributed by atoms with Gasteiger partial charge in [-0.25, -0.2) is 14.0 Å². The molecule has 8 heteroatoms. The van der Waals surface area contributed by atoms with E-state index in [1.807, 2.05) is 51.1 Å². The van der Waals surface area contributed by atoms with Gasteiger partial charge >= 0.3 is 12.2 Å². The van der Waals surface area contributed by atoms with Crippen LogP contribution in [-0.2, 0) is 22.6 Å². The van der Waals surface area contributed by atoms with Gasteiger partial charge in [-0.15, -0.1) is 0 Å². The van der Waals surface area contributed by atoms with Crippen molar-refractivity contribution in [2.24, 2.45) is 0 Å². The first-order chi connectivity index (χ1) is 20.2. The average molecular weight is 572 g/mol. The third-order valence-electron chi connectivity index (χ3n) is 7.44. The molecule has 0 aliphatic carbocycles. The summed E-state index contributed by atoms with van der Waals surface area (Å²) in [6.45, 7) is 8.79. The highest BCUT2D eigenvalue weighted by Gasteiger charge is 2.26. The molecule has 1 saturated heterocycles. The lowest BCUT2D eigenvalue weighted by molar-refractivity contribution is 0.0166. The maximum atomic E-state index is 14.0. The second-order valence-corrected chi connectivity index (χ2v) is 11.7. The summed E-state index contributed by atoms with van der Waals surface area (Å²) < 4.78 is 25.4. The maximum absolute atomic E-state index is 14.0. The molecule has 0 aromatic heterocycles. The van der Waals surface area contributed by atoms with Crippen LogP contribution in [0.15, 0.2) is 78.9 Å². The number of amides is 2. The largest absolute Gasteiger partial charge is 0.448 e. The molecule has 0 atom stereocenters. The Morgan fingerprint density at radius 3 is 2.19 bits per heavy atom. The number of fused-ring (bicyclic) bond motifs is 3. The molecule has 1 aliphatic heterocycles. The Labute approximate surface area is 246 Å². The average Bonchev–Trinajstić information content (AvgIpc) is 2.97. The van der Waals surface area contributed by atoms with Gasteiger partial charge < -0.3 is 19.3 Å². The molecule has 42 heavy (non-hydrogen) atoms. The summed E-state index contributed by atoms with van der Waals surface area (Å²) in [4.78, 5) is 31.5. The molecule has 0 saturated carbocycles. The first kappa shape index (κ1) is 29.3. The van der Waals surface area contributed by atoms with Gasteiger partial charge in [0.1, 0.15) is 18.0 Å². The number of piperazine rings is 1. The number of ether oxygens (including phenoxy) is 2. The first-order valence-electron chi connectivity index (χ1n) is 14.4. The topological polar surface area (TPSA) is 62.3 Å². The minimum absolute atomic E-state index is 0.0407. The van der Waals surface area contributed by atoms with Gasteiger partial charge in [-0.1, -0.05) is 66.7 Å². The molecule has 1 fully saturated rings. The first-order valence-corrected chi connectivity index (χ1v) is 14.4. The Kier molecular flexibility index (Phi) is 8.92. The molecular weight excluding hydrogens is 533 g/mol. The van der Waals surface area contributed by atoms with Crippen molar-refractivity contribution in [2.75, 3.05) is 39.3 Å². The van der Waals surface area contributed by atoms with Gasteiger partial charge in [0.25, 0.3) is 0 Å². The van der Waals surface area contributed by atoms with Gasteiger partial charge in [-0.05, 0) is 60.0 Å². The number of hydrogen-bond donors (Lipinski definition) is 0. The summed E-state index contributed by atoms with van der Waals surface area (Å²) in [5.41, 5.74) is 0.974. The number of benzene rings is 4. The van der Waals surface area contributed by atoms with E-state index in [0.717, 1.165) is 27.1 Å². The molecule has 4 aromatic rings. The van der Waals surface area contributed by atoms with Crippen molar-refractivity contribution in [1.82, 2.24) is 14.7 Å². The molecule has 2 amide bonds. The predicted molar refractivity (Wildman–Crippen MR) is 163 cm³/mol. The van der Waals surface area contributed by atoms with Crippen molar-refractivity contribution in [3.63, 3.8) is 0 Å². The van der Waals surface area contributed by atoms with E-state index in [2.05, 4.69) is 35.2 Å². The zero-order valence-electron chi connectivity index (χ0n) is 24.5. The highest BCUT2D eigenvalue weighted by molar-refractivity contribution is 6.09. The molecule has 1 aliphatic rings. The molecule has 0 spiro atoms. The van der Waals surface area contributed by atoms with Crippen LogP contribution in [0.25, 0.3) is 21.5 Å². The minimum atomic E-state index is -0.667. The van der Waals surface area contributed by atoms with Crippen molar-refractivity contribution in [1.29, 1.82) is 0 Å². The number of nitrogens with zero attached hydrogens (tertiary/aromatic N) is 3. The fraction of sp³-hybridized carbons (Fsp3) is 0.353. The van der Waals surface area contributed by atoms with Gasteiger partial charge in [0.05, 0.1) is 6.54 Å². The van der Waals surface area contributed by atoms with Gasteiger partial charge in [0.15, 0.2) is 0 Å². The number of carbonyl (C=O) groups excluding carboxylic acids is 2. The third-order valence-corrected chi connectivity index (χ3v) is 7.44. The standard InChI is InChI=1S/C34H38FN3O4/c1-34(2,3)42-33(40)38(24-27-22-25-10-4-6-12-28(25)30-14-8-7-13-29(27)30)20-21-41-32(39)37-18-16-36(17-19-37)23-26-11-5-9-15-31(26)35/h4-15,22H,16-21,23-24H2,1-3H3. The van der Waals surface area contributed by atoms with E-state index >= 15 is 0 Å². The van der Waals surface area contributed by atoms with E-state index in [0.29, 0.717) is 44.8 Å². The fourth-order valence-corrected chi connectivity index (χ4v) is 5.32. The Morgan fingerprint density at radius 2 is 1.48 bits per heavy atom. The third kappa shape index (κ3) is 7.18. The van der Waals surface area contributed by atoms with Crippen LogP contribution >= 0.6 is 0 Å². The van der Waals surface area contributed by atoms with Crippen LogP contribution in [0.1, 0.15) is 31.9 Å². The Balaban J connectivity index is 1.23. The molecule has 0 bridgehead atoms. The van der Waals surface area contributed by atoms with E-state index in [1.165, 1.54) is 6.07 Å². The lowest BCUT2D eigenvalue weighted by Gasteiger charge is -2.34. The molecule has 0 unspecified atom stereocenters.